The first kappa shape index (κ1) is 13.1. The summed E-state index contributed by atoms with van der Waals surface area (Å²) in [6.07, 6.45) is 4.88. The standard InChI is InChI=1S/C17H26O3/c1-8(17(2,3)4)16(18)20-12-6-9-5-11(12)14-10(9)7-13-15(14)19-13/h8-15H,5-7H2,1-4H3. The van der Waals surface area contributed by atoms with E-state index in [-0.39, 0.29) is 23.4 Å². The van der Waals surface area contributed by atoms with Crippen molar-refractivity contribution in [2.75, 3.05) is 0 Å². The van der Waals surface area contributed by atoms with Gasteiger partial charge in [-0.05, 0) is 42.4 Å². The van der Waals surface area contributed by atoms with Crippen molar-refractivity contribution >= 4 is 5.97 Å². The van der Waals surface area contributed by atoms with Gasteiger partial charge in [0, 0.05) is 5.92 Å². The number of epoxide rings is 1. The van der Waals surface area contributed by atoms with E-state index in [1.165, 1.54) is 12.8 Å². The molecule has 112 valence electrons. The van der Waals surface area contributed by atoms with Crippen molar-refractivity contribution in [2.45, 2.75) is 65.3 Å². The Hall–Kier alpha value is -0.570. The van der Waals surface area contributed by atoms with Crippen LogP contribution in [0.2, 0.25) is 0 Å². The monoisotopic (exact) mass is 278 g/mol. The minimum Gasteiger partial charge on any atom is -0.462 e. The Morgan fingerprint density at radius 2 is 1.95 bits per heavy atom. The lowest BCUT2D eigenvalue weighted by Crippen LogP contribution is -2.37. The largest absolute Gasteiger partial charge is 0.462 e. The third kappa shape index (κ3) is 1.78. The maximum atomic E-state index is 12.4. The molecule has 4 rings (SSSR count). The first-order chi connectivity index (χ1) is 9.36. The highest BCUT2D eigenvalue weighted by atomic mass is 16.6. The van der Waals surface area contributed by atoms with E-state index in [1.54, 1.807) is 0 Å². The number of hydrogen-bond donors (Lipinski definition) is 0. The Labute approximate surface area is 121 Å². The van der Waals surface area contributed by atoms with E-state index in [1.807, 2.05) is 6.92 Å². The molecule has 0 aromatic carbocycles. The van der Waals surface area contributed by atoms with Crippen LogP contribution in [-0.4, -0.2) is 24.3 Å². The summed E-state index contributed by atoms with van der Waals surface area (Å²) < 4.78 is 11.6. The van der Waals surface area contributed by atoms with Gasteiger partial charge in [0.15, 0.2) is 0 Å². The second-order valence-corrected chi connectivity index (χ2v) is 8.57. The highest BCUT2D eigenvalue weighted by Crippen LogP contribution is 2.64. The maximum absolute atomic E-state index is 12.4. The van der Waals surface area contributed by atoms with E-state index in [2.05, 4.69) is 20.8 Å². The van der Waals surface area contributed by atoms with Crippen molar-refractivity contribution in [1.29, 1.82) is 0 Å². The van der Waals surface area contributed by atoms with Crippen molar-refractivity contribution in [3.63, 3.8) is 0 Å². The molecule has 1 saturated heterocycles. The van der Waals surface area contributed by atoms with Crippen molar-refractivity contribution in [3.05, 3.63) is 0 Å². The molecule has 0 aromatic rings. The first-order valence-corrected chi connectivity index (χ1v) is 8.22. The highest BCUT2D eigenvalue weighted by Gasteiger charge is 2.67. The predicted molar refractivity (Wildman–Crippen MR) is 75.0 cm³/mol. The van der Waals surface area contributed by atoms with Crippen molar-refractivity contribution in [1.82, 2.24) is 0 Å². The molecule has 1 aliphatic heterocycles. The second-order valence-electron chi connectivity index (χ2n) is 8.57. The van der Waals surface area contributed by atoms with E-state index >= 15 is 0 Å². The summed E-state index contributed by atoms with van der Waals surface area (Å²) in [5.74, 6) is 2.91. The van der Waals surface area contributed by atoms with Gasteiger partial charge in [0.05, 0.1) is 18.1 Å². The van der Waals surface area contributed by atoms with E-state index in [9.17, 15) is 4.79 Å². The molecule has 0 radical (unpaired) electrons. The molecule has 3 heteroatoms. The van der Waals surface area contributed by atoms with Gasteiger partial charge < -0.3 is 9.47 Å². The number of fused-ring (bicyclic) bond motifs is 7. The summed E-state index contributed by atoms with van der Waals surface area (Å²) in [5.41, 5.74) is -0.0186. The van der Waals surface area contributed by atoms with E-state index in [0.717, 1.165) is 18.3 Å². The van der Waals surface area contributed by atoms with Crippen LogP contribution in [0.15, 0.2) is 0 Å². The Balaban J connectivity index is 1.43. The Morgan fingerprint density at radius 3 is 2.65 bits per heavy atom. The summed E-state index contributed by atoms with van der Waals surface area (Å²) in [5, 5.41) is 0. The zero-order chi connectivity index (χ0) is 14.2. The predicted octanol–water partition coefficient (Wildman–Crippen LogP) is 3.02. The fourth-order valence-electron chi connectivity index (χ4n) is 4.99. The molecule has 4 fully saturated rings. The van der Waals surface area contributed by atoms with Gasteiger partial charge in [0.1, 0.15) is 6.10 Å². The van der Waals surface area contributed by atoms with Crippen LogP contribution < -0.4 is 0 Å². The first-order valence-electron chi connectivity index (χ1n) is 8.22. The molecule has 0 spiro atoms. The Bertz CT molecular complexity index is 438. The Kier molecular flexibility index (Phi) is 2.62. The normalized spacial score (nSPS) is 49.7. The molecule has 8 atom stereocenters. The molecule has 3 saturated carbocycles. The second kappa shape index (κ2) is 4.00. The minimum atomic E-state index is -0.0362. The molecule has 2 bridgehead atoms. The van der Waals surface area contributed by atoms with Gasteiger partial charge in [-0.25, -0.2) is 0 Å². The van der Waals surface area contributed by atoms with Gasteiger partial charge in [-0.1, -0.05) is 27.7 Å². The number of carbonyl (C=O) groups excluding carboxylic acids is 1. The fourth-order valence-corrected chi connectivity index (χ4v) is 4.99. The van der Waals surface area contributed by atoms with Crippen molar-refractivity contribution in [2.24, 2.45) is 35.0 Å². The van der Waals surface area contributed by atoms with Crippen LogP contribution >= 0.6 is 0 Å². The molecular weight excluding hydrogens is 252 g/mol. The van der Waals surface area contributed by atoms with Gasteiger partial charge in [0.2, 0.25) is 0 Å². The van der Waals surface area contributed by atoms with Gasteiger partial charge in [0.25, 0.3) is 0 Å². The summed E-state index contributed by atoms with van der Waals surface area (Å²) in [7, 11) is 0. The third-order valence-electron chi connectivity index (χ3n) is 6.61. The molecule has 1 heterocycles. The van der Waals surface area contributed by atoms with Crippen LogP contribution in [0.5, 0.6) is 0 Å². The SMILES string of the molecule is CC(C(=O)OC1CC2CC1C1C2CC2OC21)C(C)(C)C. The van der Waals surface area contributed by atoms with Crippen molar-refractivity contribution < 1.29 is 14.3 Å². The molecule has 20 heavy (non-hydrogen) atoms. The number of carbonyl (C=O) groups is 1. The lowest BCUT2D eigenvalue weighted by molar-refractivity contribution is -0.161. The maximum Gasteiger partial charge on any atom is 0.309 e. The average molecular weight is 278 g/mol. The van der Waals surface area contributed by atoms with Crippen LogP contribution in [0, 0.1) is 35.0 Å². The van der Waals surface area contributed by atoms with Crippen LogP contribution in [0.4, 0.5) is 0 Å². The zero-order valence-corrected chi connectivity index (χ0v) is 13.0. The Morgan fingerprint density at radius 1 is 1.20 bits per heavy atom. The van der Waals surface area contributed by atoms with Gasteiger partial charge in [-0.2, -0.15) is 0 Å². The van der Waals surface area contributed by atoms with Crippen LogP contribution in [0.3, 0.4) is 0 Å². The lowest BCUT2D eigenvalue weighted by Gasteiger charge is -2.34. The molecule has 3 aliphatic carbocycles. The van der Waals surface area contributed by atoms with E-state index < -0.39 is 0 Å². The molecule has 3 nitrogen and oxygen atoms in total. The summed E-state index contributed by atoms with van der Waals surface area (Å²) in [6, 6.07) is 0. The average Bonchev–Trinajstić information content (AvgIpc) is 2.72. The molecule has 0 aromatic heterocycles. The highest BCUT2D eigenvalue weighted by molar-refractivity contribution is 5.73. The topological polar surface area (TPSA) is 38.8 Å². The summed E-state index contributed by atoms with van der Waals surface area (Å²) >= 11 is 0. The smallest absolute Gasteiger partial charge is 0.309 e. The number of hydrogen-bond acceptors (Lipinski definition) is 3. The van der Waals surface area contributed by atoms with E-state index in [0.29, 0.717) is 24.0 Å². The third-order valence-corrected chi connectivity index (χ3v) is 6.61. The van der Waals surface area contributed by atoms with Crippen LogP contribution in [0.25, 0.3) is 0 Å². The van der Waals surface area contributed by atoms with Gasteiger partial charge >= 0.3 is 5.97 Å². The number of rotatable bonds is 2. The van der Waals surface area contributed by atoms with Gasteiger partial charge in [-0.15, -0.1) is 0 Å². The quantitative estimate of drug-likeness (QED) is 0.575. The summed E-state index contributed by atoms with van der Waals surface area (Å²) in [4.78, 5) is 12.4. The molecular formula is C17H26O3. The van der Waals surface area contributed by atoms with Gasteiger partial charge in [-0.3, -0.25) is 4.79 Å². The number of ether oxygens (including phenoxy) is 2. The lowest BCUT2D eigenvalue weighted by atomic mass is 9.79. The van der Waals surface area contributed by atoms with Crippen LogP contribution in [0.1, 0.15) is 47.0 Å². The molecule has 0 N–H and O–H groups in total. The van der Waals surface area contributed by atoms with E-state index in [4.69, 9.17) is 9.47 Å². The molecule has 0 amide bonds. The fraction of sp³-hybridized carbons (Fsp3) is 0.941. The van der Waals surface area contributed by atoms with Crippen LogP contribution in [-0.2, 0) is 14.3 Å². The molecule has 4 aliphatic rings. The molecule has 8 unspecified atom stereocenters. The minimum absolute atomic E-state index is 0.00198. The number of esters is 1. The van der Waals surface area contributed by atoms with Crippen molar-refractivity contribution in [3.8, 4) is 0 Å². The zero-order valence-electron chi connectivity index (χ0n) is 13.0. The summed E-state index contributed by atoms with van der Waals surface area (Å²) in [6.45, 7) is 8.31.